The third kappa shape index (κ3) is 9.07. The predicted octanol–water partition coefficient (Wildman–Crippen LogP) is 6.77. The molecule has 2 aromatic carbocycles. The van der Waals surface area contributed by atoms with Crippen LogP contribution in [0.1, 0.15) is 44.9 Å². The first-order chi connectivity index (χ1) is 18.8. The quantitative estimate of drug-likeness (QED) is 0.295. The summed E-state index contributed by atoms with van der Waals surface area (Å²) >= 11 is 1.54. The molecule has 0 unspecified atom stereocenters. The molecule has 0 bridgehead atoms. The minimum absolute atomic E-state index is 0.204. The molecule has 0 saturated carbocycles. The summed E-state index contributed by atoms with van der Waals surface area (Å²) in [4.78, 5) is 31.3. The number of para-hydroxylation sites is 1. The Kier molecular flexibility index (Phi) is 9.95. The van der Waals surface area contributed by atoms with Crippen molar-refractivity contribution in [3.63, 3.8) is 0 Å². The Labute approximate surface area is 234 Å². The summed E-state index contributed by atoms with van der Waals surface area (Å²) in [6, 6.07) is 17.7. The van der Waals surface area contributed by atoms with Crippen LogP contribution in [0.15, 0.2) is 60.0 Å². The number of anilines is 1. The molecule has 1 aromatic heterocycles. The molecule has 2 amide bonds. The van der Waals surface area contributed by atoms with Gasteiger partial charge in [0, 0.05) is 30.5 Å². The van der Waals surface area contributed by atoms with Crippen molar-refractivity contribution in [2.24, 2.45) is 5.92 Å². The Hall–Kier alpha value is -3.43. The van der Waals surface area contributed by atoms with E-state index < -0.39 is 11.7 Å². The van der Waals surface area contributed by atoms with Gasteiger partial charge in [0.2, 0.25) is 0 Å². The molecule has 1 aliphatic heterocycles. The van der Waals surface area contributed by atoms with Crippen molar-refractivity contribution in [1.29, 1.82) is 0 Å². The number of nitrogens with one attached hydrogen (secondary N) is 1. The first-order valence-electron chi connectivity index (χ1n) is 13.3. The Balaban J connectivity index is 1.22. The number of rotatable bonds is 9. The average molecular weight is 552 g/mol. The van der Waals surface area contributed by atoms with Crippen LogP contribution in [0.25, 0.3) is 10.6 Å². The van der Waals surface area contributed by atoms with E-state index in [4.69, 9.17) is 19.2 Å². The minimum atomic E-state index is -0.511. The molecule has 1 fully saturated rings. The van der Waals surface area contributed by atoms with E-state index in [1.54, 1.807) is 4.90 Å². The summed E-state index contributed by atoms with van der Waals surface area (Å²) in [6.45, 7) is 8.24. The first-order valence-corrected chi connectivity index (χ1v) is 14.2. The number of carbonyl (C=O) groups excluding carboxylic acids is 2. The fraction of sp³-hybridized carbons (Fsp3) is 0.433. The van der Waals surface area contributed by atoms with Crippen LogP contribution in [0.4, 0.5) is 15.3 Å². The zero-order valence-electron chi connectivity index (χ0n) is 22.9. The van der Waals surface area contributed by atoms with E-state index in [0.29, 0.717) is 45.0 Å². The molecule has 3 aromatic rings. The number of nitrogens with zero attached hydrogens (tertiary/aromatic N) is 2. The lowest BCUT2D eigenvalue weighted by molar-refractivity contribution is 0.0153. The Morgan fingerprint density at radius 3 is 2.51 bits per heavy atom. The van der Waals surface area contributed by atoms with Crippen LogP contribution in [0.5, 0.6) is 0 Å². The number of carbonyl (C=O) groups is 2. The number of amides is 2. The Bertz CT molecular complexity index is 1220. The van der Waals surface area contributed by atoms with Crippen LogP contribution in [0.2, 0.25) is 0 Å². The van der Waals surface area contributed by atoms with Crippen LogP contribution >= 0.6 is 11.3 Å². The van der Waals surface area contributed by atoms with E-state index >= 15 is 0 Å². The number of benzene rings is 2. The maximum absolute atomic E-state index is 12.6. The van der Waals surface area contributed by atoms with Gasteiger partial charge in [-0.25, -0.2) is 14.6 Å². The third-order valence-electron chi connectivity index (χ3n) is 6.28. The number of hydrogen-bond acceptors (Lipinski definition) is 7. The van der Waals surface area contributed by atoms with Crippen LogP contribution in [-0.2, 0) is 27.2 Å². The molecular formula is C30H37N3O5S. The fourth-order valence-electron chi connectivity index (χ4n) is 4.21. The van der Waals surface area contributed by atoms with E-state index in [0.717, 1.165) is 34.7 Å². The molecule has 0 aliphatic carbocycles. The van der Waals surface area contributed by atoms with Crippen LogP contribution in [0.3, 0.4) is 0 Å². The van der Waals surface area contributed by atoms with Gasteiger partial charge in [-0.1, -0.05) is 42.5 Å². The highest BCUT2D eigenvalue weighted by Crippen LogP contribution is 2.31. The molecule has 0 radical (unpaired) electrons. The molecule has 39 heavy (non-hydrogen) atoms. The van der Waals surface area contributed by atoms with Gasteiger partial charge in [-0.05, 0) is 57.2 Å². The van der Waals surface area contributed by atoms with E-state index in [1.165, 1.54) is 11.3 Å². The maximum Gasteiger partial charge on any atom is 0.411 e. The van der Waals surface area contributed by atoms with Gasteiger partial charge >= 0.3 is 12.2 Å². The summed E-state index contributed by atoms with van der Waals surface area (Å²) in [6.07, 6.45) is 1.46. The lowest BCUT2D eigenvalue weighted by Crippen LogP contribution is -2.42. The summed E-state index contributed by atoms with van der Waals surface area (Å²) < 4.78 is 16.8. The molecule has 2 heterocycles. The zero-order valence-corrected chi connectivity index (χ0v) is 23.7. The number of likely N-dealkylation sites (tertiary alicyclic amines) is 1. The molecule has 1 N–H and O–H groups in total. The van der Waals surface area contributed by atoms with Crippen LogP contribution in [0, 0.1) is 5.92 Å². The van der Waals surface area contributed by atoms with Crippen molar-refractivity contribution in [2.75, 3.05) is 31.6 Å². The fourth-order valence-corrected chi connectivity index (χ4v) is 5.11. The highest BCUT2D eigenvalue weighted by atomic mass is 32.1. The highest BCUT2D eigenvalue weighted by molar-refractivity contribution is 7.13. The Morgan fingerprint density at radius 2 is 1.77 bits per heavy atom. The maximum atomic E-state index is 12.6. The molecule has 4 rings (SSSR count). The van der Waals surface area contributed by atoms with Crippen molar-refractivity contribution >= 4 is 29.2 Å². The number of thiazole rings is 1. The van der Waals surface area contributed by atoms with E-state index in [1.807, 2.05) is 80.7 Å². The smallest absolute Gasteiger partial charge is 0.411 e. The number of piperidine rings is 1. The lowest BCUT2D eigenvalue weighted by Gasteiger charge is -2.33. The molecule has 0 spiro atoms. The van der Waals surface area contributed by atoms with Crippen molar-refractivity contribution < 1.29 is 23.8 Å². The van der Waals surface area contributed by atoms with Gasteiger partial charge in [0.25, 0.3) is 0 Å². The normalized spacial score (nSPS) is 14.2. The van der Waals surface area contributed by atoms with E-state index in [-0.39, 0.29) is 12.0 Å². The molecule has 9 heteroatoms. The zero-order chi connectivity index (χ0) is 27.7. The summed E-state index contributed by atoms with van der Waals surface area (Å²) in [5, 5.41) is 5.74. The van der Waals surface area contributed by atoms with Crippen molar-refractivity contribution in [3.8, 4) is 10.6 Å². The van der Waals surface area contributed by atoms with Crippen molar-refractivity contribution in [3.05, 3.63) is 71.2 Å². The number of ether oxygens (including phenoxy) is 3. The molecular weight excluding hydrogens is 514 g/mol. The topological polar surface area (TPSA) is 90.0 Å². The monoisotopic (exact) mass is 551 g/mol. The lowest BCUT2D eigenvalue weighted by atomic mass is 9.98. The van der Waals surface area contributed by atoms with Crippen LogP contribution < -0.4 is 5.32 Å². The molecule has 208 valence electrons. The van der Waals surface area contributed by atoms with Gasteiger partial charge in [0.1, 0.15) is 10.6 Å². The van der Waals surface area contributed by atoms with E-state index in [2.05, 4.69) is 5.32 Å². The predicted molar refractivity (Wildman–Crippen MR) is 153 cm³/mol. The minimum Gasteiger partial charge on any atom is -0.449 e. The summed E-state index contributed by atoms with van der Waals surface area (Å²) in [5.74, 6) is 0.204. The molecule has 1 saturated heterocycles. The van der Waals surface area contributed by atoms with Gasteiger partial charge < -0.3 is 19.1 Å². The summed E-state index contributed by atoms with van der Waals surface area (Å²) in [5.41, 5.74) is 3.10. The van der Waals surface area contributed by atoms with Gasteiger partial charge in [0.15, 0.2) is 0 Å². The molecule has 1 aliphatic rings. The van der Waals surface area contributed by atoms with Crippen molar-refractivity contribution in [2.45, 2.75) is 52.2 Å². The van der Waals surface area contributed by atoms with Crippen molar-refractivity contribution in [1.82, 2.24) is 9.88 Å². The summed E-state index contributed by atoms with van der Waals surface area (Å²) in [7, 11) is 0. The molecule has 8 nitrogen and oxygen atoms in total. The SMILES string of the molecule is CC(C)(C)OC(=O)N1CCC(COC(=O)Nc2ccccc2-c2nc(CCOCc3ccccc3)cs2)CC1. The average Bonchev–Trinajstić information content (AvgIpc) is 3.39. The van der Waals surface area contributed by atoms with Gasteiger partial charge in [-0.15, -0.1) is 11.3 Å². The van der Waals surface area contributed by atoms with E-state index in [9.17, 15) is 9.59 Å². The molecule has 0 atom stereocenters. The van der Waals surface area contributed by atoms with Crippen LogP contribution in [-0.4, -0.2) is 54.0 Å². The second-order valence-electron chi connectivity index (χ2n) is 10.6. The van der Waals surface area contributed by atoms with Gasteiger partial charge in [-0.3, -0.25) is 5.32 Å². The second-order valence-corrected chi connectivity index (χ2v) is 11.5. The largest absolute Gasteiger partial charge is 0.449 e. The Morgan fingerprint density at radius 1 is 1.05 bits per heavy atom. The highest BCUT2D eigenvalue weighted by Gasteiger charge is 2.27. The van der Waals surface area contributed by atoms with Gasteiger partial charge in [-0.2, -0.15) is 0 Å². The third-order valence-corrected chi connectivity index (χ3v) is 7.20. The standard InChI is InChI=1S/C30H37N3O5S/c1-30(2,3)38-29(35)33-16-13-23(14-17-33)20-37-28(34)32-26-12-8-7-11-25(26)27-31-24(21-39-27)15-18-36-19-22-9-5-4-6-10-22/h4-12,21,23H,13-20H2,1-3H3,(H,32,34). The second kappa shape index (κ2) is 13.6. The first kappa shape index (κ1) is 28.6. The number of hydrogen-bond donors (Lipinski definition) is 1. The number of aromatic nitrogens is 1. The van der Waals surface area contributed by atoms with Gasteiger partial charge in [0.05, 0.1) is 31.2 Å².